The van der Waals surface area contributed by atoms with Crippen LogP contribution in [0, 0.1) is 11.3 Å². The molecule has 1 aromatic carbocycles. The molecule has 1 N–H and O–H groups in total. The first kappa shape index (κ1) is 11.9. The Balaban J connectivity index is 2.15. The van der Waals surface area contributed by atoms with E-state index in [1.165, 1.54) is 0 Å². The van der Waals surface area contributed by atoms with Gasteiger partial charge in [0.05, 0.1) is 11.3 Å². The van der Waals surface area contributed by atoms with Crippen molar-refractivity contribution in [3.05, 3.63) is 28.8 Å². The van der Waals surface area contributed by atoms with Gasteiger partial charge in [0.25, 0.3) is 5.91 Å². The molecular weight excluding hydrogens is 240 g/mol. The third-order valence-corrected chi connectivity index (χ3v) is 2.82. The summed E-state index contributed by atoms with van der Waals surface area (Å²) >= 11 is 5.82. The van der Waals surface area contributed by atoms with E-state index in [0.717, 1.165) is 6.42 Å². The minimum atomic E-state index is -0.416. The van der Waals surface area contributed by atoms with E-state index < -0.39 is 6.10 Å². The second-order valence-electron chi connectivity index (χ2n) is 3.79. The third kappa shape index (κ3) is 2.76. The zero-order chi connectivity index (χ0) is 12.3. The van der Waals surface area contributed by atoms with Crippen LogP contribution in [0.25, 0.3) is 0 Å². The molecule has 1 atom stereocenters. The van der Waals surface area contributed by atoms with Gasteiger partial charge in [0, 0.05) is 11.6 Å². The van der Waals surface area contributed by atoms with E-state index in [4.69, 9.17) is 21.6 Å². The predicted molar refractivity (Wildman–Crippen MR) is 63.8 cm³/mol. The van der Waals surface area contributed by atoms with E-state index in [-0.39, 0.29) is 5.91 Å². The Hall–Kier alpha value is -1.57. The number of benzene rings is 1. The molecule has 0 spiro atoms. The van der Waals surface area contributed by atoms with Gasteiger partial charge in [-0.1, -0.05) is 11.6 Å². The Bertz CT molecular complexity index is 476. The third-order valence-electron chi connectivity index (χ3n) is 2.58. The van der Waals surface area contributed by atoms with Crippen LogP contribution >= 0.6 is 11.6 Å². The Kier molecular flexibility index (Phi) is 3.62. The van der Waals surface area contributed by atoms with Crippen LogP contribution in [-0.4, -0.2) is 18.6 Å². The van der Waals surface area contributed by atoms with Gasteiger partial charge in [0.2, 0.25) is 0 Å². The number of carbonyl (C=O) groups is 1. The van der Waals surface area contributed by atoms with Crippen LogP contribution < -0.4 is 5.32 Å². The fourth-order valence-corrected chi connectivity index (χ4v) is 1.89. The summed E-state index contributed by atoms with van der Waals surface area (Å²) in [4.78, 5) is 11.8. The molecule has 0 saturated carbocycles. The van der Waals surface area contributed by atoms with Crippen LogP contribution in [0.3, 0.4) is 0 Å². The van der Waals surface area contributed by atoms with Gasteiger partial charge in [-0.2, -0.15) is 5.26 Å². The summed E-state index contributed by atoms with van der Waals surface area (Å²) in [5.41, 5.74) is 0.821. The Labute approximate surface area is 104 Å². The number of nitriles is 1. The van der Waals surface area contributed by atoms with Gasteiger partial charge in [-0.3, -0.25) is 4.79 Å². The second kappa shape index (κ2) is 5.17. The van der Waals surface area contributed by atoms with Gasteiger partial charge in [0.1, 0.15) is 12.2 Å². The number of anilines is 1. The van der Waals surface area contributed by atoms with Crippen molar-refractivity contribution in [2.45, 2.75) is 18.9 Å². The molecule has 88 valence electrons. The molecule has 0 aromatic heterocycles. The Morgan fingerprint density at radius 1 is 1.59 bits per heavy atom. The molecule has 1 amide bonds. The van der Waals surface area contributed by atoms with Crippen LogP contribution in [0.1, 0.15) is 18.4 Å². The average Bonchev–Trinajstić information content (AvgIpc) is 2.83. The number of ether oxygens (including phenoxy) is 1. The molecule has 1 aliphatic heterocycles. The molecule has 1 fully saturated rings. The molecule has 1 saturated heterocycles. The van der Waals surface area contributed by atoms with Gasteiger partial charge in [-0.25, -0.2) is 0 Å². The van der Waals surface area contributed by atoms with Crippen LogP contribution in [0.5, 0.6) is 0 Å². The Morgan fingerprint density at radius 3 is 3.06 bits per heavy atom. The van der Waals surface area contributed by atoms with E-state index in [1.807, 2.05) is 6.07 Å². The van der Waals surface area contributed by atoms with Crippen molar-refractivity contribution < 1.29 is 9.53 Å². The first-order valence-corrected chi connectivity index (χ1v) is 5.70. The molecule has 1 aromatic rings. The van der Waals surface area contributed by atoms with Crippen molar-refractivity contribution in [3.63, 3.8) is 0 Å². The molecule has 2 rings (SSSR count). The number of rotatable bonds is 2. The van der Waals surface area contributed by atoms with Crippen LogP contribution in [-0.2, 0) is 9.53 Å². The topological polar surface area (TPSA) is 62.1 Å². The molecule has 5 heteroatoms. The maximum absolute atomic E-state index is 11.8. The number of carbonyl (C=O) groups excluding carboxylic acids is 1. The SMILES string of the molecule is N#Cc1ccc(Cl)cc1NC(=O)[C@H]1CCCO1. The number of halogens is 1. The molecule has 4 nitrogen and oxygen atoms in total. The average molecular weight is 251 g/mol. The number of amides is 1. The summed E-state index contributed by atoms with van der Waals surface area (Å²) in [6.45, 7) is 0.610. The van der Waals surface area contributed by atoms with E-state index in [1.54, 1.807) is 18.2 Å². The molecule has 17 heavy (non-hydrogen) atoms. The van der Waals surface area contributed by atoms with Crippen molar-refractivity contribution in [3.8, 4) is 6.07 Å². The van der Waals surface area contributed by atoms with Gasteiger partial charge in [-0.05, 0) is 31.0 Å². The largest absolute Gasteiger partial charge is 0.368 e. The highest BCUT2D eigenvalue weighted by atomic mass is 35.5. The number of nitrogens with one attached hydrogen (secondary N) is 1. The number of hydrogen-bond acceptors (Lipinski definition) is 3. The molecule has 0 aliphatic carbocycles. The van der Waals surface area contributed by atoms with Crippen molar-refractivity contribution in [1.29, 1.82) is 5.26 Å². The monoisotopic (exact) mass is 250 g/mol. The number of nitrogens with zero attached hydrogens (tertiary/aromatic N) is 1. The lowest BCUT2D eigenvalue weighted by molar-refractivity contribution is -0.124. The smallest absolute Gasteiger partial charge is 0.253 e. The highest BCUT2D eigenvalue weighted by molar-refractivity contribution is 6.31. The summed E-state index contributed by atoms with van der Waals surface area (Å²) in [6, 6.07) is 6.76. The van der Waals surface area contributed by atoms with Crippen LogP contribution in [0.4, 0.5) is 5.69 Å². The predicted octanol–water partition coefficient (Wildman–Crippen LogP) is 2.33. The molecule has 0 unspecified atom stereocenters. The highest BCUT2D eigenvalue weighted by Gasteiger charge is 2.24. The van der Waals surface area contributed by atoms with E-state index in [9.17, 15) is 4.79 Å². The fraction of sp³-hybridized carbons (Fsp3) is 0.333. The standard InChI is InChI=1S/C12H11ClN2O2/c13-9-4-3-8(7-14)10(6-9)15-12(16)11-2-1-5-17-11/h3-4,6,11H,1-2,5H2,(H,15,16)/t11-/m1/s1. The van der Waals surface area contributed by atoms with Crippen molar-refractivity contribution >= 4 is 23.2 Å². The van der Waals surface area contributed by atoms with Crippen LogP contribution in [0.15, 0.2) is 18.2 Å². The number of hydrogen-bond donors (Lipinski definition) is 1. The van der Waals surface area contributed by atoms with Gasteiger partial charge < -0.3 is 10.1 Å². The molecule has 1 aliphatic rings. The second-order valence-corrected chi connectivity index (χ2v) is 4.23. The van der Waals surface area contributed by atoms with Crippen molar-refractivity contribution in [2.75, 3.05) is 11.9 Å². The van der Waals surface area contributed by atoms with E-state index >= 15 is 0 Å². The van der Waals surface area contributed by atoms with E-state index in [2.05, 4.69) is 5.32 Å². The van der Waals surface area contributed by atoms with Gasteiger partial charge >= 0.3 is 0 Å². The first-order valence-electron chi connectivity index (χ1n) is 5.33. The normalized spacial score (nSPS) is 18.7. The maximum atomic E-state index is 11.8. The summed E-state index contributed by atoms with van der Waals surface area (Å²) in [5.74, 6) is -0.221. The lowest BCUT2D eigenvalue weighted by Crippen LogP contribution is -2.27. The zero-order valence-electron chi connectivity index (χ0n) is 9.07. The summed E-state index contributed by atoms with van der Waals surface area (Å²) in [5, 5.41) is 12.1. The highest BCUT2D eigenvalue weighted by Crippen LogP contribution is 2.22. The summed E-state index contributed by atoms with van der Waals surface area (Å²) in [7, 11) is 0. The minimum Gasteiger partial charge on any atom is -0.368 e. The lowest BCUT2D eigenvalue weighted by atomic mass is 10.1. The molecule has 0 bridgehead atoms. The van der Waals surface area contributed by atoms with Crippen molar-refractivity contribution in [1.82, 2.24) is 0 Å². The van der Waals surface area contributed by atoms with Crippen molar-refractivity contribution in [2.24, 2.45) is 0 Å². The molecule has 0 radical (unpaired) electrons. The maximum Gasteiger partial charge on any atom is 0.253 e. The van der Waals surface area contributed by atoms with Gasteiger partial charge in [-0.15, -0.1) is 0 Å². The molecule has 1 heterocycles. The summed E-state index contributed by atoms with van der Waals surface area (Å²) in [6.07, 6.45) is 1.19. The van der Waals surface area contributed by atoms with Gasteiger partial charge in [0.15, 0.2) is 0 Å². The van der Waals surface area contributed by atoms with Crippen LogP contribution in [0.2, 0.25) is 5.02 Å². The first-order chi connectivity index (χ1) is 8.20. The minimum absolute atomic E-state index is 0.221. The fourth-order valence-electron chi connectivity index (χ4n) is 1.72. The zero-order valence-corrected chi connectivity index (χ0v) is 9.83. The quantitative estimate of drug-likeness (QED) is 0.876. The Morgan fingerprint density at radius 2 is 2.41 bits per heavy atom. The van der Waals surface area contributed by atoms with E-state index in [0.29, 0.717) is 29.3 Å². The lowest BCUT2D eigenvalue weighted by Gasteiger charge is -2.11. The summed E-state index contributed by atoms with van der Waals surface area (Å²) < 4.78 is 5.26. The molecular formula is C12H11ClN2O2.